The van der Waals surface area contributed by atoms with E-state index in [0.29, 0.717) is 18.7 Å². The summed E-state index contributed by atoms with van der Waals surface area (Å²) in [5.74, 6) is 0.451. The van der Waals surface area contributed by atoms with Gasteiger partial charge in [0.2, 0.25) is 0 Å². The number of halogens is 2. The number of rotatable bonds is 4. The summed E-state index contributed by atoms with van der Waals surface area (Å²) in [4.78, 5) is 0. The quantitative estimate of drug-likeness (QED) is 0.930. The van der Waals surface area contributed by atoms with Crippen LogP contribution in [-0.4, -0.2) is 6.54 Å². The molecule has 0 heterocycles. The Kier molecular flexibility index (Phi) is 4.33. The van der Waals surface area contributed by atoms with Crippen LogP contribution in [0.25, 0.3) is 0 Å². The van der Waals surface area contributed by atoms with Crippen molar-refractivity contribution in [3.05, 3.63) is 58.3 Å². The van der Waals surface area contributed by atoms with Gasteiger partial charge in [0.25, 0.3) is 0 Å². The Labute approximate surface area is 114 Å². The Balaban J connectivity index is 2.36. The molecule has 0 saturated carbocycles. The molecular formula is C14H13BrFNO. The summed E-state index contributed by atoms with van der Waals surface area (Å²) >= 11 is 3.37. The maximum absolute atomic E-state index is 13.8. The Morgan fingerprint density at radius 1 is 1.11 bits per heavy atom. The van der Waals surface area contributed by atoms with Gasteiger partial charge in [0.15, 0.2) is 11.6 Å². The molecule has 2 aromatic rings. The van der Waals surface area contributed by atoms with E-state index in [-0.39, 0.29) is 11.6 Å². The lowest BCUT2D eigenvalue weighted by Gasteiger charge is -2.12. The summed E-state index contributed by atoms with van der Waals surface area (Å²) in [5, 5.41) is 0. The van der Waals surface area contributed by atoms with E-state index in [2.05, 4.69) is 15.9 Å². The van der Waals surface area contributed by atoms with Crippen LogP contribution in [0.4, 0.5) is 4.39 Å². The maximum atomic E-state index is 13.8. The average molecular weight is 310 g/mol. The molecule has 0 aliphatic carbocycles. The standard InChI is InChI=1S/C14H13BrFNO/c15-11-5-1-2-7-13(11)18-14-10(8-9-17)4-3-6-12(14)16/h1-7H,8-9,17H2. The number of ether oxygens (including phenoxy) is 1. The third-order valence-electron chi connectivity index (χ3n) is 2.51. The molecule has 0 atom stereocenters. The second kappa shape index (κ2) is 5.98. The number of hydrogen-bond acceptors (Lipinski definition) is 2. The van der Waals surface area contributed by atoms with Crippen molar-refractivity contribution in [2.45, 2.75) is 6.42 Å². The first-order valence-corrected chi connectivity index (χ1v) is 6.41. The predicted molar refractivity (Wildman–Crippen MR) is 73.4 cm³/mol. The van der Waals surface area contributed by atoms with Crippen LogP contribution in [0, 0.1) is 5.82 Å². The van der Waals surface area contributed by atoms with Crippen molar-refractivity contribution in [1.29, 1.82) is 0 Å². The Bertz CT molecular complexity index is 545. The van der Waals surface area contributed by atoms with Crippen LogP contribution < -0.4 is 10.5 Å². The monoisotopic (exact) mass is 309 g/mol. The fourth-order valence-corrected chi connectivity index (χ4v) is 2.02. The molecule has 0 aromatic heterocycles. The van der Waals surface area contributed by atoms with Gasteiger partial charge >= 0.3 is 0 Å². The zero-order valence-electron chi connectivity index (χ0n) is 9.70. The minimum absolute atomic E-state index is 0.245. The molecule has 0 saturated heterocycles. The average Bonchev–Trinajstić information content (AvgIpc) is 2.36. The number of nitrogens with two attached hydrogens (primary N) is 1. The van der Waals surface area contributed by atoms with Gasteiger partial charge < -0.3 is 10.5 Å². The summed E-state index contributed by atoms with van der Waals surface area (Å²) in [5.41, 5.74) is 6.29. The lowest BCUT2D eigenvalue weighted by Crippen LogP contribution is -2.05. The highest BCUT2D eigenvalue weighted by Crippen LogP contribution is 2.33. The molecule has 0 aliphatic heterocycles. The maximum Gasteiger partial charge on any atom is 0.166 e. The minimum atomic E-state index is -0.378. The number of para-hydroxylation sites is 2. The van der Waals surface area contributed by atoms with Gasteiger partial charge in [-0.2, -0.15) is 0 Å². The van der Waals surface area contributed by atoms with Crippen LogP contribution in [0.15, 0.2) is 46.9 Å². The third-order valence-corrected chi connectivity index (χ3v) is 3.17. The summed E-state index contributed by atoms with van der Waals surface area (Å²) < 4.78 is 20.2. The summed E-state index contributed by atoms with van der Waals surface area (Å²) in [6.45, 7) is 0.454. The van der Waals surface area contributed by atoms with Gasteiger partial charge in [-0.25, -0.2) is 4.39 Å². The largest absolute Gasteiger partial charge is 0.453 e. The van der Waals surface area contributed by atoms with Crippen molar-refractivity contribution in [3.63, 3.8) is 0 Å². The van der Waals surface area contributed by atoms with Gasteiger partial charge in [0.1, 0.15) is 5.75 Å². The lowest BCUT2D eigenvalue weighted by molar-refractivity contribution is 0.434. The molecule has 0 fully saturated rings. The molecule has 0 radical (unpaired) electrons. The van der Waals surface area contributed by atoms with Gasteiger partial charge in [-0.05, 0) is 52.7 Å². The van der Waals surface area contributed by atoms with Crippen molar-refractivity contribution < 1.29 is 9.13 Å². The topological polar surface area (TPSA) is 35.2 Å². The van der Waals surface area contributed by atoms with Crippen LogP contribution in [0.1, 0.15) is 5.56 Å². The van der Waals surface area contributed by atoms with Crippen LogP contribution in [0.3, 0.4) is 0 Å². The fourth-order valence-electron chi connectivity index (χ4n) is 1.66. The summed E-state index contributed by atoms with van der Waals surface area (Å²) in [6, 6.07) is 12.2. The van der Waals surface area contributed by atoms with E-state index in [4.69, 9.17) is 10.5 Å². The first-order chi connectivity index (χ1) is 8.72. The highest BCUT2D eigenvalue weighted by atomic mass is 79.9. The predicted octanol–water partition coefficient (Wildman–Crippen LogP) is 3.88. The highest BCUT2D eigenvalue weighted by Gasteiger charge is 2.11. The molecule has 2 N–H and O–H groups in total. The van der Waals surface area contributed by atoms with E-state index in [0.717, 1.165) is 10.0 Å². The molecule has 2 rings (SSSR count). The van der Waals surface area contributed by atoms with Gasteiger partial charge in [-0.3, -0.25) is 0 Å². The van der Waals surface area contributed by atoms with E-state index < -0.39 is 0 Å². The smallest absolute Gasteiger partial charge is 0.166 e. The molecule has 4 heteroatoms. The SMILES string of the molecule is NCCc1cccc(F)c1Oc1ccccc1Br. The van der Waals surface area contributed by atoms with Crippen LogP contribution >= 0.6 is 15.9 Å². The van der Waals surface area contributed by atoms with Crippen LogP contribution in [-0.2, 0) is 6.42 Å². The van der Waals surface area contributed by atoms with E-state index in [1.54, 1.807) is 12.1 Å². The van der Waals surface area contributed by atoms with Crippen molar-refractivity contribution in [2.75, 3.05) is 6.54 Å². The van der Waals surface area contributed by atoms with E-state index >= 15 is 0 Å². The Hall–Kier alpha value is -1.39. The second-order valence-corrected chi connectivity index (χ2v) is 4.65. The molecule has 2 nitrogen and oxygen atoms in total. The number of hydrogen-bond donors (Lipinski definition) is 1. The minimum Gasteiger partial charge on any atom is -0.453 e. The lowest BCUT2D eigenvalue weighted by atomic mass is 10.1. The van der Waals surface area contributed by atoms with Crippen LogP contribution in [0.2, 0.25) is 0 Å². The number of benzene rings is 2. The van der Waals surface area contributed by atoms with Crippen molar-refractivity contribution in [2.24, 2.45) is 5.73 Å². The van der Waals surface area contributed by atoms with Gasteiger partial charge in [0, 0.05) is 0 Å². The summed E-state index contributed by atoms with van der Waals surface area (Å²) in [7, 11) is 0. The normalized spacial score (nSPS) is 10.4. The van der Waals surface area contributed by atoms with Crippen molar-refractivity contribution in [1.82, 2.24) is 0 Å². The molecular weight excluding hydrogens is 297 g/mol. The first-order valence-electron chi connectivity index (χ1n) is 5.62. The van der Waals surface area contributed by atoms with Gasteiger partial charge in [-0.1, -0.05) is 24.3 Å². The Morgan fingerprint density at radius 2 is 1.89 bits per heavy atom. The molecule has 0 unspecified atom stereocenters. The Morgan fingerprint density at radius 3 is 2.61 bits per heavy atom. The third kappa shape index (κ3) is 2.89. The molecule has 0 amide bonds. The van der Waals surface area contributed by atoms with Crippen molar-refractivity contribution >= 4 is 15.9 Å². The van der Waals surface area contributed by atoms with Crippen molar-refractivity contribution in [3.8, 4) is 11.5 Å². The molecule has 0 bridgehead atoms. The molecule has 2 aromatic carbocycles. The molecule has 94 valence electrons. The van der Waals surface area contributed by atoms with E-state index in [9.17, 15) is 4.39 Å². The van der Waals surface area contributed by atoms with E-state index in [1.165, 1.54) is 6.07 Å². The van der Waals surface area contributed by atoms with Gasteiger partial charge in [-0.15, -0.1) is 0 Å². The fraction of sp³-hybridized carbons (Fsp3) is 0.143. The zero-order valence-corrected chi connectivity index (χ0v) is 11.3. The molecule has 0 spiro atoms. The zero-order chi connectivity index (χ0) is 13.0. The molecule has 0 aliphatic rings. The van der Waals surface area contributed by atoms with Gasteiger partial charge in [0.05, 0.1) is 4.47 Å². The van der Waals surface area contributed by atoms with E-state index in [1.807, 2.05) is 24.3 Å². The second-order valence-electron chi connectivity index (χ2n) is 3.80. The van der Waals surface area contributed by atoms with Crippen LogP contribution in [0.5, 0.6) is 11.5 Å². The highest BCUT2D eigenvalue weighted by molar-refractivity contribution is 9.10. The summed E-state index contributed by atoms with van der Waals surface area (Å²) in [6.07, 6.45) is 0.581. The first kappa shape index (κ1) is 13.1. The molecule has 18 heavy (non-hydrogen) atoms.